The summed E-state index contributed by atoms with van der Waals surface area (Å²) in [5.41, 5.74) is -0.217. The molecule has 0 radical (unpaired) electrons. The summed E-state index contributed by atoms with van der Waals surface area (Å²) in [5, 5.41) is 0. The van der Waals surface area contributed by atoms with Gasteiger partial charge >= 0.3 is 0 Å². The van der Waals surface area contributed by atoms with E-state index in [4.69, 9.17) is 14.2 Å². The van der Waals surface area contributed by atoms with E-state index in [1.165, 1.54) is 0 Å². The van der Waals surface area contributed by atoms with Crippen molar-refractivity contribution in [3.8, 4) is 0 Å². The van der Waals surface area contributed by atoms with Gasteiger partial charge in [-0.15, -0.1) is 0 Å². The second-order valence-corrected chi connectivity index (χ2v) is 5.99. The average Bonchev–Trinajstić information content (AvgIpc) is 2.89. The highest BCUT2D eigenvalue weighted by atomic mass is 16.5. The van der Waals surface area contributed by atoms with E-state index in [-0.39, 0.29) is 11.2 Å². The Morgan fingerprint density at radius 3 is 2.53 bits per heavy atom. The molecule has 19 heavy (non-hydrogen) atoms. The van der Waals surface area contributed by atoms with Crippen molar-refractivity contribution in [3.63, 3.8) is 0 Å². The van der Waals surface area contributed by atoms with E-state index in [2.05, 4.69) is 32.7 Å². The molecule has 0 bridgehead atoms. The van der Waals surface area contributed by atoms with Crippen molar-refractivity contribution in [2.24, 2.45) is 4.99 Å². The van der Waals surface area contributed by atoms with Crippen molar-refractivity contribution in [3.05, 3.63) is 0 Å². The molecule has 0 amide bonds. The summed E-state index contributed by atoms with van der Waals surface area (Å²) < 4.78 is 16.9. The van der Waals surface area contributed by atoms with Crippen LogP contribution in [0.4, 0.5) is 0 Å². The Balaban J connectivity index is 2.33. The van der Waals surface area contributed by atoms with Crippen molar-refractivity contribution in [1.29, 1.82) is 0 Å². The summed E-state index contributed by atoms with van der Waals surface area (Å²) in [6.07, 6.45) is 3.72. The first-order valence-electron chi connectivity index (χ1n) is 7.26. The quantitative estimate of drug-likeness (QED) is 0.646. The van der Waals surface area contributed by atoms with Crippen LogP contribution >= 0.6 is 0 Å². The van der Waals surface area contributed by atoms with E-state index in [9.17, 15) is 0 Å². The van der Waals surface area contributed by atoms with Gasteiger partial charge in [-0.1, -0.05) is 6.92 Å². The van der Waals surface area contributed by atoms with Gasteiger partial charge in [-0.3, -0.25) is 4.99 Å². The molecule has 0 fully saturated rings. The molecule has 0 N–H and O–H groups in total. The van der Waals surface area contributed by atoms with Crippen molar-refractivity contribution in [2.45, 2.75) is 64.6 Å². The molecular formula is C15H29NO3. The molecule has 1 heterocycles. The molecule has 0 aromatic heterocycles. The van der Waals surface area contributed by atoms with E-state index in [1.807, 2.05) is 0 Å². The first-order chi connectivity index (χ1) is 8.91. The van der Waals surface area contributed by atoms with Gasteiger partial charge in [0.15, 0.2) is 5.90 Å². The molecule has 112 valence electrons. The number of hydrogen-bond donors (Lipinski definition) is 0. The SMILES string of the molecule is CCC(C)(CCC1=NCCO1)OCCC(C)(C)OC. The van der Waals surface area contributed by atoms with Crippen molar-refractivity contribution in [1.82, 2.24) is 0 Å². The lowest BCUT2D eigenvalue weighted by atomic mass is 9.96. The third-order valence-electron chi connectivity index (χ3n) is 3.97. The predicted molar refractivity (Wildman–Crippen MR) is 77.8 cm³/mol. The number of hydrogen-bond acceptors (Lipinski definition) is 4. The zero-order valence-electron chi connectivity index (χ0n) is 13.1. The number of rotatable bonds is 9. The van der Waals surface area contributed by atoms with E-state index < -0.39 is 0 Å². The lowest BCUT2D eigenvalue weighted by Gasteiger charge is -2.31. The van der Waals surface area contributed by atoms with Gasteiger partial charge in [0.05, 0.1) is 24.4 Å². The summed E-state index contributed by atoms with van der Waals surface area (Å²) in [4.78, 5) is 4.32. The van der Waals surface area contributed by atoms with E-state index in [1.54, 1.807) is 7.11 Å². The first-order valence-corrected chi connectivity index (χ1v) is 7.26. The normalized spacial score (nSPS) is 18.9. The molecule has 1 aliphatic heterocycles. The standard InChI is InChI=1S/C15H29NO3/c1-6-15(4,8-7-13-16-10-12-18-13)19-11-9-14(2,3)17-5/h6-12H2,1-5H3. The molecule has 4 nitrogen and oxygen atoms in total. The van der Waals surface area contributed by atoms with Crippen LogP contribution in [0.15, 0.2) is 4.99 Å². The number of aliphatic imine (C=N–C) groups is 1. The summed E-state index contributed by atoms with van der Waals surface area (Å²) in [5.74, 6) is 0.889. The summed E-state index contributed by atoms with van der Waals surface area (Å²) >= 11 is 0. The zero-order valence-corrected chi connectivity index (χ0v) is 13.1. The Morgan fingerprint density at radius 2 is 2.00 bits per heavy atom. The second kappa shape index (κ2) is 7.25. The molecule has 0 aliphatic carbocycles. The second-order valence-electron chi connectivity index (χ2n) is 5.99. The summed E-state index contributed by atoms with van der Waals surface area (Å²) in [6.45, 7) is 10.8. The van der Waals surface area contributed by atoms with Gasteiger partial charge in [0.1, 0.15) is 6.61 Å². The summed E-state index contributed by atoms with van der Waals surface area (Å²) in [6, 6.07) is 0. The van der Waals surface area contributed by atoms with Crippen LogP contribution in [0.3, 0.4) is 0 Å². The fraction of sp³-hybridized carbons (Fsp3) is 0.933. The molecule has 4 heteroatoms. The maximum absolute atomic E-state index is 6.09. The molecule has 1 unspecified atom stereocenters. The van der Waals surface area contributed by atoms with Gasteiger partial charge in [0.2, 0.25) is 0 Å². The van der Waals surface area contributed by atoms with Gasteiger partial charge < -0.3 is 14.2 Å². The molecular weight excluding hydrogens is 242 g/mol. The Bertz CT molecular complexity index is 302. The van der Waals surface area contributed by atoms with E-state index >= 15 is 0 Å². The third-order valence-corrected chi connectivity index (χ3v) is 3.97. The van der Waals surface area contributed by atoms with Crippen molar-refractivity contribution < 1.29 is 14.2 Å². The maximum atomic E-state index is 6.09. The molecule has 0 spiro atoms. The van der Waals surface area contributed by atoms with Gasteiger partial charge in [-0.2, -0.15) is 0 Å². The highest BCUT2D eigenvalue weighted by Gasteiger charge is 2.26. The Hall–Kier alpha value is -0.610. The van der Waals surface area contributed by atoms with Crippen LogP contribution in [0.5, 0.6) is 0 Å². The minimum absolute atomic E-state index is 0.0989. The molecule has 1 aliphatic rings. The average molecular weight is 271 g/mol. The molecule has 0 aromatic carbocycles. The molecule has 1 rings (SSSR count). The highest BCUT2D eigenvalue weighted by Crippen LogP contribution is 2.24. The molecule has 0 saturated heterocycles. The Labute approximate surface area is 117 Å². The van der Waals surface area contributed by atoms with Crippen LogP contribution in [0.1, 0.15) is 53.4 Å². The predicted octanol–water partition coefficient (Wildman–Crippen LogP) is 3.20. The van der Waals surface area contributed by atoms with Gasteiger partial charge in [0, 0.05) is 13.5 Å². The van der Waals surface area contributed by atoms with Crippen LogP contribution in [0, 0.1) is 0 Å². The molecule has 0 saturated carbocycles. The number of nitrogens with zero attached hydrogens (tertiary/aromatic N) is 1. The minimum Gasteiger partial charge on any atom is -0.479 e. The first kappa shape index (κ1) is 16.4. The molecule has 0 aromatic rings. The third kappa shape index (κ3) is 5.91. The number of ether oxygens (including phenoxy) is 3. The van der Waals surface area contributed by atoms with Crippen LogP contribution in [0.25, 0.3) is 0 Å². The topological polar surface area (TPSA) is 40.0 Å². The van der Waals surface area contributed by atoms with Crippen molar-refractivity contribution in [2.75, 3.05) is 26.9 Å². The minimum atomic E-state index is -0.118. The van der Waals surface area contributed by atoms with Gasteiger partial charge in [-0.25, -0.2) is 0 Å². The highest BCUT2D eigenvalue weighted by molar-refractivity contribution is 5.77. The van der Waals surface area contributed by atoms with E-state index in [0.29, 0.717) is 0 Å². The van der Waals surface area contributed by atoms with E-state index in [0.717, 1.165) is 51.3 Å². The van der Waals surface area contributed by atoms with Gasteiger partial charge in [-0.05, 0) is 40.0 Å². The Morgan fingerprint density at radius 1 is 1.26 bits per heavy atom. The van der Waals surface area contributed by atoms with Crippen LogP contribution in [-0.4, -0.2) is 44.0 Å². The zero-order chi connectivity index (χ0) is 14.4. The van der Waals surface area contributed by atoms with Crippen molar-refractivity contribution >= 4 is 5.90 Å². The summed E-state index contributed by atoms with van der Waals surface area (Å²) in [7, 11) is 1.74. The largest absolute Gasteiger partial charge is 0.479 e. The fourth-order valence-corrected chi connectivity index (χ4v) is 1.90. The lowest BCUT2D eigenvalue weighted by molar-refractivity contribution is -0.0711. The Kier molecular flexibility index (Phi) is 6.27. The van der Waals surface area contributed by atoms with Gasteiger partial charge in [0.25, 0.3) is 0 Å². The maximum Gasteiger partial charge on any atom is 0.183 e. The van der Waals surface area contributed by atoms with Crippen LogP contribution in [-0.2, 0) is 14.2 Å². The van der Waals surface area contributed by atoms with Crippen LogP contribution in [0.2, 0.25) is 0 Å². The smallest absolute Gasteiger partial charge is 0.183 e. The lowest BCUT2D eigenvalue weighted by Crippen LogP contribution is -2.32. The molecule has 1 atom stereocenters. The fourth-order valence-electron chi connectivity index (χ4n) is 1.90. The van der Waals surface area contributed by atoms with Crippen LogP contribution < -0.4 is 0 Å². The number of methoxy groups -OCH3 is 1. The monoisotopic (exact) mass is 271 g/mol.